The highest BCUT2D eigenvalue weighted by Crippen LogP contribution is 2.39. The first kappa shape index (κ1) is 21.1. The highest BCUT2D eigenvalue weighted by atomic mass is 16.5. The molecule has 1 aliphatic rings. The lowest BCUT2D eigenvalue weighted by Gasteiger charge is -2.25. The predicted molar refractivity (Wildman–Crippen MR) is 107 cm³/mol. The number of hydrogen-bond acceptors (Lipinski definition) is 6. The smallest absolute Gasteiger partial charge is 0.295 e. The number of amides is 1. The Hall–Kier alpha value is -3.61. The summed E-state index contributed by atoms with van der Waals surface area (Å²) < 4.78 is 5.17. The van der Waals surface area contributed by atoms with Crippen LogP contribution in [0.5, 0.6) is 5.75 Å². The molecule has 3 rings (SSSR count). The Bertz CT molecular complexity index is 991. The number of aliphatic hydroxyl groups excluding tert-OH is 1. The number of likely N-dealkylation sites (tertiary alicyclic amines) is 1. The molecule has 2 aromatic rings. The molecule has 1 N–H and O–H groups in total. The molecular weight excluding hydrogens is 386 g/mol. The number of aliphatic hydroxyl groups is 1. The number of ketones is 1. The van der Waals surface area contributed by atoms with E-state index in [-0.39, 0.29) is 30.7 Å². The summed E-state index contributed by atoms with van der Waals surface area (Å²) in [5.41, 5.74) is 1.99. The largest absolute Gasteiger partial charge is 0.550 e. The van der Waals surface area contributed by atoms with Gasteiger partial charge in [0.1, 0.15) is 11.5 Å². The molecule has 0 spiro atoms. The van der Waals surface area contributed by atoms with Gasteiger partial charge in [-0.15, -0.1) is 0 Å². The third-order valence-electron chi connectivity index (χ3n) is 5.08. The molecule has 0 saturated carbocycles. The minimum atomic E-state index is -1.23. The highest BCUT2D eigenvalue weighted by Gasteiger charge is 2.45. The van der Waals surface area contributed by atoms with Crippen molar-refractivity contribution >= 4 is 23.4 Å². The van der Waals surface area contributed by atoms with Crippen LogP contribution in [0, 0.1) is 6.92 Å². The number of carboxylic acids is 1. The van der Waals surface area contributed by atoms with Crippen LogP contribution < -0.4 is 9.84 Å². The summed E-state index contributed by atoms with van der Waals surface area (Å²) in [5, 5.41) is 21.7. The van der Waals surface area contributed by atoms with Gasteiger partial charge >= 0.3 is 0 Å². The fourth-order valence-corrected chi connectivity index (χ4v) is 3.50. The number of hydrogen-bond donors (Lipinski definition) is 1. The van der Waals surface area contributed by atoms with Crippen LogP contribution >= 0.6 is 0 Å². The SMILES string of the molecule is COc1ccc([C@@H]2C(=C(O)c3ccc(C)cc3)C(=O)C(=O)N2CCCC(=O)[O-])cc1. The summed E-state index contributed by atoms with van der Waals surface area (Å²) in [6.45, 7) is 1.94. The number of benzene rings is 2. The number of carbonyl (C=O) groups excluding carboxylic acids is 3. The van der Waals surface area contributed by atoms with Gasteiger partial charge in [-0.3, -0.25) is 9.59 Å². The van der Waals surface area contributed by atoms with E-state index < -0.39 is 23.7 Å². The zero-order valence-electron chi connectivity index (χ0n) is 16.8. The van der Waals surface area contributed by atoms with Gasteiger partial charge in [-0.2, -0.15) is 0 Å². The van der Waals surface area contributed by atoms with E-state index in [1.54, 1.807) is 48.5 Å². The molecule has 30 heavy (non-hydrogen) atoms. The maximum absolute atomic E-state index is 12.8. The summed E-state index contributed by atoms with van der Waals surface area (Å²) in [6, 6.07) is 12.9. The molecule has 0 radical (unpaired) electrons. The monoisotopic (exact) mass is 408 g/mol. The van der Waals surface area contributed by atoms with E-state index in [9.17, 15) is 24.6 Å². The number of aliphatic carboxylic acids is 1. The van der Waals surface area contributed by atoms with Crippen molar-refractivity contribution < 1.29 is 29.3 Å². The maximum atomic E-state index is 12.8. The van der Waals surface area contributed by atoms with Crippen LogP contribution in [-0.4, -0.2) is 41.3 Å². The zero-order chi connectivity index (χ0) is 21.8. The standard InChI is InChI=1S/C23H23NO6/c1-14-5-7-16(8-6-14)21(27)19-20(15-9-11-17(30-2)12-10-15)24(23(29)22(19)28)13-3-4-18(25)26/h5-12,20,27H,3-4,13H2,1-2H3,(H,25,26)/p-1/t20-/m1/s1. The molecule has 1 amide bonds. The molecule has 0 unspecified atom stereocenters. The first-order valence-corrected chi connectivity index (χ1v) is 9.52. The van der Waals surface area contributed by atoms with Crippen molar-refractivity contribution in [1.29, 1.82) is 0 Å². The lowest BCUT2D eigenvalue weighted by molar-refractivity contribution is -0.305. The Kier molecular flexibility index (Phi) is 6.20. The number of Topliss-reactive ketones (excluding diaryl/α,β-unsaturated/α-hetero) is 1. The minimum Gasteiger partial charge on any atom is -0.550 e. The number of ether oxygens (including phenoxy) is 1. The number of nitrogens with zero attached hydrogens (tertiary/aromatic N) is 1. The van der Waals surface area contributed by atoms with Crippen molar-refractivity contribution in [2.24, 2.45) is 0 Å². The summed E-state index contributed by atoms with van der Waals surface area (Å²) in [4.78, 5) is 37.7. The van der Waals surface area contributed by atoms with E-state index in [4.69, 9.17) is 4.74 Å². The van der Waals surface area contributed by atoms with E-state index in [2.05, 4.69) is 0 Å². The average Bonchev–Trinajstić information content (AvgIpc) is 2.98. The van der Waals surface area contributed by atoms with Crippen LogP contribution in [0.2, 0.25) is 0 Å². The van der Waals surface area contributed by atoms with Crippen LogP contribution in [-0.2, 0) is 14.4 Å². The van der Waals surface area contributed by atoms with Crippen molar-refractivity contribution in [2.75, 3.05) is 13.7 Å². The van der Waals surface area contributed by atoms with Gasteiger partial charge in [0.25, 0.3) is 11.7 Å². The van der Waals surface area contributed by atoms with Crippen LogP contribution in [0.3, 0.4) is 0 Å². The van der Waals surface area contributed by atoms with Crippen molar-refractivity contribution in [2.45, 2.75) is 25.8 Å². The Morgan fingerprint density at radius 2 is 1.73 bits per heavy atom. The van der Waals surface area contributed by atoms with E-state index in [0.717, 1.165) is 5.56 Å². The van der Waals surface area contributed by atoms with Gasteiger partial charge in [-0.05, 0) is 37.5 Å². The predicted octanol–water partition coefficient (Wildman–Crippen LogP) is 1.96. The third kappa shape index (κ3) is 4.20. The van der Waals surface area contributed by atoms with Crippen molar-refractivity contribution in [3.05, 3.63) is 70.8 Å². The second-order valence-corrected chi connectivity index (χ2v) is 7.11. The Balaban J connectivity index is 2.08. The number of methoxy groups -OCH3 is 1. The number of aryl methyl sites for hydroxylation is 1. The van der Waals surface area contributed by atoms with Crippen LogP contribution in [0.1, 0.15) is 35.6 Å². The van der Waals surface area contributed by atoms with Crippen molar-refractivity contribution in [3.63, 3.8) is 0 Å². The molecule has 2 aromatic carbocycles. The molecule has 1 fully saturated rings. The molecule has 1 saturated heterocycles. The van der Waals surface area contributed by atoms with Gasteiger partial charge in [0.2, 0.25) is 0 Å². The molecule has 7 nitrogen and oxygen atoms in total. The summed E-state index contributed by atoms with van der Waals surface area (Å²) >= 11 is 0. The normalized spacial score (nSPS) is 17.9. The number of carboxylic acid groups (broad SMARTS) is 1. The fraction of sp³-hybridized carbons (Fsp3) is 0.261. The Morgan fingerprint density at radius 3 is 2.30 bits per heavy atom. The molecule has 7 heteroatoms. The van der Waals surface area contributed by atoms with Gasteiger partial charge in [-0.1, -0.05) is 42.0 Å². The first-order valence-electron chi connectivity index (χ1n) is 9.52. The van der Waals surface area contributed by atoms with Gasteiger partial charge in [0.05, 0.1) is 18.7 Å². The maximum Gasteiger partial charge on any atom is 0.295 e. The second kappa shape index (κ2) is 8.82. The fourth-order valence-electron chi connectivity index (χ4n) is 3.50. The molecule has 1 heterocycles. The van der Waals surface area contributed by atoms with Crippen LogP contribution in [0.25, 0.3) is 5.76 Å². The summed E-state index contributed by atoms with van der Waals surface area (Å²) in [6.07, 6.45) is -0.108. The van der Waals surface area contributed by atoms with Gasteiger partial charge in [0.15, 0.2) is 0 Å². The summed E-state index contributed by atoms with van der Waals surface area (Å²) in [5.74, 6) is -2.47. The van der Waals surface area contributed by atoms with E-state index >= 15 is 0 Å². The van der Waals surface area contributed by atoms with Crippen molar-refractivity contribution in [1.82, 2.24) is 4.90 Å². The molecule has 0 bridgehead atoms. The van der Waals surface area contributed by atoms with Gasteiger partial charge in [0, 0.05) is 18.1 Å². The topological polar surface area (TPSA) is 107 Å². The first-order chi connectivity index (χ1) is 14.3. The lowest BCUT2D eigenvalue weighted by atomic mass is 9.95. The zero-order valence-corrected chi connectivity index (χ0v) is 16.8. The molecule has 1 aliphatic heterocycles. The molecular formula is C23H22NO6-. The third-order valence-corrected chi connectivity index (χ3v) is 5.08. The van der Waals surface area contributed by atoms with E-state index in [0.29, 0.717) is 16.9 Å². The molecule has 1 atom stereocenters. The van der Waals surface area contributed by atoms with E-state index in [1.165, 1.54) is 12.0 Å². The number of carbonyl (C=O) groups is 3. The minimum absolute atomic E-state index is 0.0255. The van der Waals surface area contributed by atoms with E-state index in [1.807, 2.05) is 6.92 Å². The average molecular weight is 408 g/mol. The highest BCUT2D eigenvalue weighted by molar-refractivity contribution is 6.46. The quantitative estimate of drug-likeness (QED) is 0.426. The molecule has 156 valence electrons. The molecule has 0 aliphatic carbocycles. The van der Waals surface area contributed by atoms with Gasteiger partial charge in [-0.25, -0.2) is 0 Å². The summed E-state index contributed by atoms with van der Waals surface area (Å²) in [7, 11) is 1.53. The second-order valence-electron chi connectivity index (χ2n) is 7.11. The van der Waals surface area contributed by atoms with Gasteiger partial charge < -0.3 is 24.6 Å². The Morgan fingerprint density at radius 1 is 1.10 bits per heavy atom. The number of rotatable bonds is 7. The van der Waals surface area contributed by atoms with Crippen LogP contribution in [0.4, 0.5) is 0 Å². The Labute approximate surface area is 174 Å². The van der Waals surface area contributed by atoms with Crippen molar-refractivity contribution in [3.8, 4) is 5.75 Å². The lowest BCUT2D eigenvalue weighted by Crippen LogP contribution is -2.32. The van der Waals surface area contributed by atoms with Crippen LogP contribution in [0.15, 0.2) is 54.1 Å². The molecule has 0 aromatic heterocycles.